The molecule has 0 aliphatic heterocycles. The van der Waals surface area contributed by atoms with Gasteiger partial charge in [0.25, 0.3) is 0 Å². The molecule has 16 heavy (non-hydrogen) atoms. The minimum Gasteiger partial charge on any atom is -0.299 e. The normalized spacial score (nSPS) is 11.6. The Kier molecular flexibility index (Phi) is 4.97. The van der Waals surface area contributed by atoms with E-state index in [2.05, 4.69) is 0 Å². The summed E-state index contributed by atoms with van der Waals surface area (Å²) in [5, 5.41) is 16.6. The first-order chi connectivity index (χ1) is 7.31. The van der Waals surface area contributed by atoms with Crippen molar-refractivity contribution < 1.29 is 18.0 Å². The first-order valence-corrected chi connectivity index (χ1v) is 4.63. The van der Waals surface area contributed by atoms with Crippen LogP contribution in [0.15, 0.2) is 0 Å². The van der Waals surface area contributed by atoms with E-state index in [1.54, 1.807) is 12.1 Å². The zero-order valence-corrected chi connectivity index (χ0v) is 8.76. The predicted octanol–water partition coefficient (Wildman–Crippen LogP) is 2.73. The predicted molar refractivity (Wildman–Crippen MR) is 48.9 cm³/mol. The molecule has 0 spiro atoms. The standard InChI is InChI=1S/C10H11F3N2O/c1-8(16)9(4-2-6-14,5-3-7-15)10(11,12)13/h2-5H2,1H3. The van der Waals surface area contributed by atoms with Gasteiger partial charge in [-0.25, -0.2) is 0 Å². The maximum Gasteiger partial charge on any atom is 0.401 e. The molecule has 0 saturated heterocycles. The van der Waals surface area contributed by atoms with Gasteiger partial charge >= 0.3 is 6.18 Å². The summed E-state index contributed by atoms with van der Waals surface area (Å²) < 4.78 is 38.5. The minimum atomic E-state index is -4.72. The summed E-state index contributed by atoms with van der Waals surface area (Å²) in [6.07, 6.45) is -6.59. The molecule has 0 rings (SSSR count). The summed E-state index contributed by atoms with van der Waals surface area (Å²) in [7, 11) is 0. The molecule has 0 saturated carbocycles. The summed E-state index contributed by atoms with van der Waals surface area (Å²) in [6.45, 7) is 0.849. The number of Topliss-reactive ketones (excluding diaryl/α,β-unsaturated/α-hetero) is 1. The maximum atomic E-state index is 12.8. The van der Waals surface area contributed by atoms with Crippen molar-refractivity contribution in [3.63, 3.8) is 0 Å². The average Bonchev–Trinajstić information content (AvgIpc) is 2.16. The van der Waals surface area contributed by atoms with E-state index in [-0.39, 0.29) is 12.8 Å². The summed E-state index contributed by atoms with van der Waals surface area (Å²) in [5.41, 5.74) is -2.54. The van der Waals surface area contributed by atoms with Crippen molar-refractivity contribution in [1.29, 1.82) is 10.5 Å². The Morgan fingerprint density at radius 3 is 1.69 bits per heavy atom. The van der Waals surface area contributed by atoms with Gasteiger partial charge in [0.2, 0.25) is 0 Å². The molecule has 0 unspecified atom stereocenters. The van der Waals surface area contributed by atoms with Crippen LogP contribution in [0.5, 0.6) is 0 Å². The van der Waals surface area contributed by atoms with Crippen LogP contribution in [0, 0.1) is 28.1 Å². The van der Waals surface area contributed by atoms with Crippen molar-refractivity contribution in [2.24, 2.45) is 5.41 Å². The Morgan fingerprint density at radius 2 is 1.50 bits per heavy atom. The highest BCUT2D eigenvalue weighted by molar-refractivity contribution is 5.83. The van der Waals surface area contributed by atoms with Crippen LogP contribution in [0.3, 0.4) is 0 Å². The van der Waals surface area contributed by atoms with Gasteiger partial charge < -0.3 is 0 Å². The zero-order valence-electron chi connectivity index (χ0n) is 8.76. The van der Waals surface area contributed by atoms with Gasteiger partial charge in [-0.15, -0.1) is 0 Å². The highest BCUT2D eigenvalue weighted by Crippen LogP contribution is 2.46. The third-order valence-electron chi connectivity index (χ3n) is 2.54. The number of hydrogen-bond acceptors (Lipinski definition) is 3. The maximum absolute atomic E-state index is 12.8. The highest BCUT2D eigenvalue weighted by Gasteiger charge is 2.57. The summed E-state index contributed by atoms with van der Waals surface area (Å²) in [6, 6.07) is 3.18. The van der Waals surface area contributed by atoms with Gasteiger partial charge in [0.15, 0.2) is 0 Å². The SMILES string of the molecule is CC(=O)C(CCC#N)(CCC#N)C(F)(F)F. The van der Waals surface area contributed by atoms with E-state index in [1.165, 1.54) is 0 Å². The van der Waals surface area contributed by atoms with E-state index in [0.29, 0.717) is 0 Å². The van der Waals surface area contributed by atoms with E-state index in [4.69, 9.17) is 10.5 Å². The summed E-state index contributed by atoms with van der Waals surface area (Å²) in [4.78, 5) is 11.2. The summed E-state index contributed by atoms with van der Waals surface area (Å²) in [5.74, 6) is -1.04. The number of carbonyl (C=O) groups excluding carboxylic acids is 1. The van der Waals surface area contributed by atoms with Gasteiger partial charge in [-0.3, -0.25) is 4.79 Å². The van der Waals surface area contributed by atoms with E-state index < -0.39 is 30.2 Å². The molecule has 88 valence electrons. The van der Waals surface area contributed by atoms with E-state index in [9.17, 15) is 18.0 Å². The Balaban J connectivity index is 5.17. The molecule has 0 aromatic rings. The molecule has 6 heteroatoms. The fraction of sp³-hybridized carbons (Fsp3) is 0.700. The van der Waals surface area contributed by atoms with Crippen molar-refractivity contribution in [1.82, 2.24) is 0 Å². The molecular formula is C10H11F3N2O. The quantitative estimate of drug-likeness (QED) is 0.732. The molecule has 0 bridgehead atoms. The van der Waals surface area contributed by atoms with Crippen LogP contribution >= 0.6 is 0 Å². The number of nitriles is 2. The average molecular weight is 232 g/mol. The van der Waals surface area contributed by atoms with Crippen LogP contribution in [0.25, 0.3) is 0 Å². The van der Waals surface area contributed by atoms with Crippen LogP contribution in [0.1, 0.15) is 32.6 Å². The van der Waals surface area contributed by atoms with Crippen LogP contribution in [-0.2, 0) is 4.79 Å². The largest absolute Gasteiger partial charge is 0.401 e. The van der Waals surface area contributed by atoms with Gasteiger partial charge in [0.1, 0.15) is 11.2 Å². The Bertz CT molecular complexity index is 317. The lowest BCUT2D eigenvalue weighted by Gasteiger charge is -2.32. The Labute approximate surface area is 91.5 Å². The molecule has 0 heterocycles. The second-order valence-corrected chi connectivity index (χ2v) is 3.45. The van der Waals surface area contributed by atoms with Crippen LogP contribution in [0.4, 0.5) is 13.2 Å². The summed E-state index contributed by atoms with van der Waals surface area (Å²) >= 11 is 0. The van der Waals surface area contributed by atoms with Crippen LogP contribution in [-0.4, -0.2) is 12.0 Å². The smallest absolute Gasteiger partial charge is 0.299 e. The van der Waals surface area contributed by atoms with Crippen molar-refractivity contribution in [2.75, 3.05) is 0 Å². The number of hydrogen-bond donors (Lipinski definition) is 0. The minimum absolute atomic E-state index is 0.357. The molecular weight excluding hydrogens is 221 g/mol. The molecule has 0 aromatic carbocycles. The lowest BCUT2D eigenvalue weighted by atomic mass is 9.75. The molecule has 0 fully saturated rings. The number of alkyl halides is 3. The second kappa shape index (κ2) is 5.50. The lowest BCUT2D eigenvalue weighted by Crippen LogP contribution is -2.44. The third-order valence-corrected chi connectivity index (χ3v) is 2.54. The highest BCUT2D eigenvalue weighted by atomic mass is 19.4. The monoisotopic (exact) mass is 232 g/mol. The van der Waals surface area contributed by atoms with E-state index in [1.807, 2.05) is 0 Å². The fourth-order valence-electron chi connectivity index (χ4n) is 1.50. The first-order valence-electron chi connectivity index (χ1n) is 4.63. The lowest BCUT2D eigenvalue weighted by molar-refractivity contribution is -0.223. The van der Waals surface area contributed by atoms with Gasteiger partial charge in [0.05, 0.1) is 12.1 Å². The topological polar surface area (TPSA) is 64.7 Å². The zero-order chi connectivity index (χ0) is 12.8. The number of nitrogens with zero attached hydrogens (tertiary/aromatic N) is 2. The van der Waals surface area contributed by atoms with Crippen molar-refractivity contribution in [3.05, 3.63) is 0 Å². The molecule has 0 radical (unpaired) electrons. The van der Waals surface area contributed by atoms with Gasteiger partial charge in [-0.05, 0) is 19.8 Å². The molecule has 0 atom stereocenters. The van der Waals surface area contributed by atoms with Gasteiger partial charge in [0, 0.05) is 12.8 Å². The molecule has 3 nitrogen and oxygen atoms in total. The van der Waals surface area contributed by atoms with Gasteiger partial charge in [-0.1, -0.05) is 0 Å². The van der Waals surface area contributed by atoms with Crippen LogP contribution in [0.2, 0.25) is 0 Å². The molecule has 0 amide bonds. The van der Waals surface area contributed by atoms with Crippen molar-refractivity contribution in [3.8, 4) is 12.1 Å². The van der Waals surface area contributed by atoms with E-state index in [0.717, 1.165) is 6.92 Å². The van der Waals surface area contributed by atoms with Crippen LogP contribution < -0.4 is 0 Å². The Hall–Kier alpha value is -1.56. The number of halogens is 3. The first kappa shape index (κ1) is 14.4. The second-order valence-electron chi connectivity index (χ2n) is 3.45. The number of ketones is 1. The third kappa shape index (κ3) is 2.96. The Morgan fingerprint density at radius 1 is 1.12 bits per heavy atom. The van der Waals surface area contributed by atoms with Crippen molar-refractivity contribution in [2.45, 2.75) is 38.8 Å². The number of carbonyl (C=O) groups is 1. The molecule has 0 N–H and O–H groups in total. The fourth-order valence-corrected chi connectivity index (χ4v) is 1.50. The van der Waals surface area contributed by atoms with E-state index >= 15 is 0 Å². The molecule has 0 aromatic heterocycles. The molecule has 0 aliphatic carbocycles. The van der Waals surface area contributed by atoms with Gasteiger partial charge in [-0.2, -0.15) is 23.7 Å². The molecule has 0 aliphatic rings. The number of rotatable bonds is 5. The van der Waals surface area contributed by atoms with Crippen molar-refractivity contribution >= 4 is 5.78 Å².